The molecule has 4 aromatic rings. The van der Waals surface area contributed by atoms with E-state index in [1.165, 1.54) is 29.7 Å². The summed E-state index contributed by atoms with van der Waals surface area (Å²) in [6.45, 7) is 0. The van der Waals surface area contributed by atoms with Crippen LogP contribution >= 0.6 is 11.3 Å². The van der Waals surface area contributed by atoms with Crippen molar-refractivity contribution in [1.82, 2.24) is 4.98 Å². The van der Waals surface area contributed by atoms with Crippen LogP contribution in [0.15, 0.2) is 59.3 Å². The lowest BCUT2D eigenvalue weighted by molar-refractivity contribution is 0.101. The predicted molar refractivity (Wildman–Crippen MR) is 92.6 cm³/mol. The number of carbonyl (C=O) groups is 1. The molecule has 7 heteroatoms. The number of furan rings is 1. The maximum absolute atomic E-state index is 14.0. The number of hydrogen-bond donors (Lipinski definition) is 1. The molecular formula is C18H11FN2O3S. The van der Waals surface area contributed by atoms with Crippen LogP contribution in [0.2, 0.25) is 0 Å². The molecule has 0 aliphatic rings. The maximum Gasteiger partial charge on any atom is 0.238 e. The topological polar surface area (TPSA) is 78.4 Å². The maximum atomic E-state index is 14.0. The molecule has 0 bridgehead atoms. The van der Waals surface area contributed by atoms with Gasteiger partial charge in [-0.3, -0.25) is 9.78 Å². The van der Waals surface area contributed by atoms with E-state index in [9.17, 15) is 9.18 Å². The van der Waals surface area contributed by atoms with Crippen LogP contribution in [0.3, 0.4) is 0 Å². The molecule has 0 unspecified atom stereocenters. The Morgan fingerprint density at radius 1 is 1.20 bits per heavy atom. The largest absolute Gasteiger partial charge is 0.461 e. The first-order chi connectivity index (χ1) is 12.1. The number of pyridine rings is 1. The number of halogens is 1. The molecule has 0 radical (unpaired) electrons. The van der Waals surface area contributed by atoms with E-state index in [4.69, 9.17) is 14.9 Å². The van der Waals surface area contributed by atoms with E-state index in [2.05, 4.69) is 4.98 Å². The number of fused-ring (bicyclic) bond motifs is 1. The van der Waals surface area contributed by atoms with Crippen molar-refractivity contribution >= 4 is 33.0 Å². The summed E-state index contributed by atoms with van der Waals surface area (Å²) in [5, 5.41) is 0. The number of anilines is 1. The number of rotatable bonds is 4. The highest BCUT2D eigenvalue weighted by Gasteiger charge is 2.18. The van der Waals surface area contributed by atoms with E-state index >= 15 is 0 Å². The Labute approximate surface area is 145 Å². The first-order valence-electron chi connectivity index (χ1n) is 7.31. The van der Waals surface area contributed by atoms with E-state index in [-0.39, 0.29) is 17.3 Å². The predicted octanol–water partition coefficient (Wildman–Crippen LogP) is 4.63. The number of nitrogen functional groups attached to an aromatic ring is 1. The van der Waals surface area contributed by atoms with Gasteiger partial charge in [-0.25, -0.2) is 4.39 Å². The molecule has 0 spiro atoms. The van der Waals surface area contributed by atoms with Gasteiger partial charge in [0.25, 0.3) is 0 Å². The smallest absolute Gasteiger partial charge is 0.238 e. The summed E-state index contributed by atoms with van der Waals surface area (Å²) in [7, 11) is 0. The summed E-state index contributed by atoms with van der Waals surface area (Å²) in [6, 6.07) is 10.7. The van der Waals surface area contributed by atoms with Gasteiger partial charge in [0.05, 0.1) is 21.4 Å². The molecule has 0 aliphatic carbocycles. The van der Waals surface area contributed by atoms with Crippen LogP contribution < -0.4 is 10.5 Å². The number of thiophene rings is 1. The zero-order chi connectivity index (χ0) is 17.4. The SMILES string of the molecule is Nc1ccc(Oc2ccnc3cc(C(=O)c4ccco4)sc23)c(F)c1. The van der Waals surface area contributed by atoms with Gasteiger partial charge in [-0.1, -0.05) is 0 Å². The van der Waals surface area contributed by atoms with Crippen molar-refractivity contribution < 1.29 is 18.3 Å². The highest BCUT2D eigenvalue weighted by molar-refractivity contribution is 7.21. The van der Waals surface area contributed by atoms with Gasteiger partial charge in [0, 0.05) is 24.0 Å². The molecule has 0 aliphatic heterocycles. The average molecular weight is 354 g/mol. The van der Waals surface area contributed by atoms with Gasteiger partial charge < -0.3 is 14.9 Å². The van der Waals surface area contributed by atoms with Gasteiger partial charge >= 0.3 is 0 Å². The highest BCUT2D eigenvalue weighted by Crippen LogP contribution is 2.36. The lowest BCUT2D eigenvalue weighted by Gasteiger charge is -2.07. The van der Waals surface area contributed by atoms with E-state index in [1.807, 2.05) is 0 Å². The third-order valence-corrected chi connectivity index (χ3v) is 4.66. The van der Waals surface area contributed by atoms with Crippen LogP contribution in [0.1, 0.15) is 15.4 Å². The molecule has 4 rings (SSSR count). The Morgan fingerprint density at radius 2 is 2.08 bits per heavy atom. The summed E-state index contributed by atoms with van der Waals surface area (Å²) < 4.78 is 25.4. The lowest BCUT2D eigenvalue weighted by Crippen LogP contribution is -1.95. The molecule has 25 heavy (non-hydrogen) atoms. The molecule has 0 saturated heterocycles. The Bertz CT molecular complexity index is 1070. The van der Waals surface area contributed by atoms with Crippen LogP contribution in [-0.4, -0.2) is 10.8 Å². The number of aromatic nitrogens is 1. The Morgan fingerprint density at radius 3 is 2.84 bits per heavy atom. The molecular weight excluding hydrogens is 343 g/mol. The number of hydrogen-bond acceptors (Lipinski definition) is 6. The minimum atomic E-state index is -0.562. The summed E-state index contributed by atoms with van der Waals surface area (Å²) in [4.78, 5) is 17.1. The summed E-state index contributed by atoms with van der Waals surface area (Å²) in [6.07, 6.45) is 2.98. The van der Waals surface area contributed by atoms with Crippen LogP contribution in [0.5, 0.6) is 11.5 Å². The normalized spacial score (nSPS) is 10.9. The average Bonchev–Trinajstić information content (AvgIpc) is 3.26. The van der Waals surface area contributed by atoms with Crippen LogP contribution in [0.25, 0.3) is 10.2 Å². The quantitative estimate of drug-likeness (QED) is 0.427. The highest BCUT2D eigenvalue weighted by atomic mass is 32.1. The molecule has 124 valence electrons. The van der Waals surface area contributed by atoms with Crippen molar-refractivity contribution in [3.63, 3.8) is 0 Å². The zero-order valence-electron chi connectivity index (χ0n) is 12.7. The molecule has 2 N–H and O–H groups in total. The van der Waals surface area contributed by atoms with Crippen molar-refractivity contribution in [3.05, 3.63) is 71.4 Å². The van der Waals surface area contributed by atoms with Crippen molar-refractivity contribution in [1.29, 1.82) is 0 Å². The van der Waals surface area contributed by atoms with E-state index in [0.29, 0.717) is 26.5 Å². The summed E-state index contributed by atoms with van der Waals surface area (Å²) >= 11 is 1.21. The van der Waals surface area contributed by atoms with E-state index < -0.39 is 5.82 Å². The summed E-state index contributed by atoms with van der Waals surface area (Å²) in [5.74, 6) is -0.0872. The van der Waals surface area contributed by atoms with Crippen molar-refractivity contribution in [3.8, 4) is 11.5 Å². The molecule has 0 saturated carbocycles. The van der Waals surface area contributed by atoms with Crippen LogP contribution in [-0.2, 0) is 0 Å². The van der Waals surface area contributed by atoms with Crippen LogP contribution in [0, 0.1) is 5.82 Å². The lowest BCUT2D eigenvalue weighted by atomic mass is 10.2. The fourth-order valence-electron chi connectivity index (χ4n) is 2.35. The number of carbonyl (C=O) groups excluding carboxylic acids is 1. The standard InChI is InChI=1S/C18H11FN2O3S/c19-11-8-10(20)3-4-13(11)24-15-5-6-21-12-9-16(25-18(12)15)17(22)14-2-1-7-23-14/h1-9H,20H2. The second-order valence-electron chi connectivity index (χ2n) is 5.23. The number of ketones is 1. The van der Waals surface area contributed by atoms with E-state index in [0.717, 1.165) is 0 Å². The monoisotopic (exact) mass is 354 g/mol. The minimum Gasteiger partial charge on any atom is -0.461 e. The zero-order valence-corrected chi connectivity index (χ0v) is 13.5. The third kappa shape index (κ3) is 2.85. The fourth-order valence-corrected chi connectivity index (χ4v) is 3.36. The molecule has 0 fully saturated rings. The first-order valence-corrected chi connectivity index (χ1v) is 8.13. The molecule has 3 aromatic heterocycles. The van der Waals surface area contributed by atoms with Gasteiger partial charge in [-0.2, -0.15) is 0 Å². The van der Waals surface area contributed by atoms with Crippen molar-refractivity contribution in [2.24, 2.45) is 0 Å². The molecule has 0 amide bonds. The third-order valence-electron chi connectivity index (χ3n) is 3.52. The Hall–Kier alpha value is -3.19. The fraction of sp³-hybridized carbons (Fsp3) is 0. The number of ether oxygens (including phenoxy) is 1. The number of benzene rings is 1. The van der Waals surface area contributed by atoms with Gasteiger partial charge in [0.1, 0.15) is 5.75 Å². The Balaban J connectivity index is 1.74. The molecule has 0 atom stereocenters. The van der Waals surface area contributed by atoms with Crippen molar-refractivity contribution in [2.75, 3.05) is 5.73 Å². The van der Waals surface area contributed by atoms with Gasteiger partial charge in [0.15, 0.2) is 17.3 Å². The van der Waals surface area contributed by atoms with Crippen molar-refractivity contribution in [2.45, 2.75) is 0 Å². The minimum absolute atomic E-state index is 0.0500. The van der Waals surface area contributed by atoms with Crippen LogP contribution in [0.4, 0.5) is 10.1 Å². The molecule has 1 aromatic carbocycles. The molecule has 5 nitrogen and oxygen atoms in total. The molecule has 3 heterocycles. The summed E-state index contributed by atoms with van der Waals surface area (Å²) in [5.41, 5.74) is 6.45. The van der Waals surface area contributed by atoms with Gasteiger partial charge in [0.2, 0.25) is 5.78 Å². The number of nitrogens with two attached hydrogens (primary N) is 1. The van der Waals surface area contributed by atoms with Gasteiger partial charge in [-0.15, -0.1) is 11.3 Å². The second kappa shape index (κ2) is 6.03. The Kier molecular flexibility index (Phi) is 3.70. The number of nitrogens with zero attached hydrogens (tertiary/aromatic N) is 1. The van der Waals surface area contributed by atoms with Gasteiger partial charge in [-0.05, 0) is 30.3 Å². The first kappa shape index (κ1) is 15.3. The second-order valence-corrected chi connectivity index (χ2v) is 6.28. The van der Waals surface area contributed by atoms with E-state index in [1.54, 1.807) is 36.5 Å².